The van der Waals surface area contributed by atoms with E-state index in [1.54, 1.807) is 13.8 Å². The van der Waals surface area contributed by atoms with Crippen LogP contribution in [0.4, 0.5) is 0 Å². The molecular formula is C8H8O2S. The summed E-state index contributed by atoms with van der Waals surface area (Å²) in [6.07, 6.45) is 5.17. The molecule has 0 radical (unpaired) electrons. The molecule has 0 saturated carbocycles. The van der Waals surface area contributed by atoms with Gasteiger partial charge in [0.1, 0.15) is 10.5 Å². The van der Waals surface area contributed by atoms with Crippen LogP contribution in [0.3, 0.4) is 0 Å². The monoisotopic (exact) mass is 168 g/mol. The van der Waals surface area contributed by atoms with Crippen molar-refractivity contribution in [1.82, 2.24) is 0 Å². The maximum Gasteiger partial charge on any atom is 0.220 e. The van der Waals surface area contributed by atoms with E-state index in [0.717, 1.165) is 11.8 Å². The molecule has 1 aliphatic heterocycles. The van der Waals surface area contributed by atoms with Crippen molar-refractivity contribution in [2.75, 3.05) is 0 Å². The van der Waals surface area contributed by atoms with Gasteiger partial charge in [-0.25, -0.2) is 0 Å². The van der Waals surface area contributed by atoms with Crippen molar-refractivity contribution in [3.63, 3.8) is 0 Å². The third-order valence-electron chi connectivity index (χ3n) is 1.69. The van der Waals surface area contributed by atoms with Crippen molar-refractivity contribution in [3.8, 4) is 12.3 Å². The lowest BCUT2D eigenvalue weighted by molar-refractivity contribution is -0.107. The molecule has 1 unspecified atom stereocenters. The second-order valence-electron chi connectivity index (χ2n) is 2.54. The Labute approximate surface area is 69.7 Å². The molecule has 1 atom stereocenters. The normalized spacial score (nSPS) is 30.8. The van der Waals surface area contributed by atoms with Crippen LogP contribution >= 0.6 is 11.8 Å². The number of thioether (sulfide) groups is 1. The zero-order chi connectivity index (χ0) is 8.65. The van der Waals surface area contributed by atoms with Crippen LogP contribution < -0.4 is 0 Å². The molecule has 0 spiro atoms. The van der Waals surface area contributed by atoms with Crippen LogP contribution in [0.5, 0.6) is 0 Å². The third kappa shape index (κ3) is 1.04. The number of terminal acetylenes is 1. The SMILES string of the molecule is C#CC1(C)SC(=O)C(C)=C1O. The molecule has 1 aliphatic rings. The van der Waals surface area contributed by atoms with E-state index < -0.39 is 4.75 Å². The van der Waals surface area contributed by atoms with Crippen molar-refractivity contribution < 1.29 is 9.90 Å². The minimum absolute atomic E-state index is 0.0231. The quantitative estimate of drug-likeness (QED) is 0.557. The number of hydrogen-bond donors (Lipinski definition) is 1. The average molecular weight is 168 g/mol. The molecule has 0 saturated heterocycles. The summed E-state index contributed by atoms with van der Waals surface area (Å²) in [6.45, 7) is 3.23. The minimum atomic E-state index is -0.832. The molecule has 1 N–H and O–H groups in total. The van der Waals surface area contributed by atoms with Crippen molar-refractivity contribution in [1.29, 1.82) is 0 Å². The highest BCUT2D eigenvalue weighted by molar-refractivity contribution is 8.16. The highest BCUT2D eigenvalue weighted by atomic mass is 32.2. The lowest BCUT2D eigenvalue weighted by atomic mass is 10.1. The van der Waals surface area contributed by atoms with E-state index in [1.165, 1.54) is 0 Å². The number of rotatable bonds is 0. The number of carbonyl (C=O) groups excluding carboxylic acids is 1. The molecule has 0 aromatic heterocycles. The first-order chi connectivity index (χ1) is 5.01. The predicted molar refractivity (Wildman–Crippen MR) is 45.2 cm³/mol. The molecule has 3 heteroatoms. The van der Waals surface area contributed by atoms with Gasteiger partial charge in [0.2, 0.25) is 5.12 Å². The topological polar surface area (TPSA) is 37.3 Å². The van der Waals surface area contributed by atoms with Gasteiger partial charge in [-0.2, -0.15) is 0 Å². The zero-order valence-electron chi connectivity index (χ0n) is 6.34. The van der Waals surface area contributed by atoms with Gasteiger partial charge < -0.3 is 5.11 Å². The summed E-state index contributed by atoms with van der Waals surface area (Å²) in [7, 11) is 0. The van der Waals surface area contributed by atoms with E-state index in [-0.39, 0.29) is 10.9 Å². The molecule has 0 aromatic rings. The van der Waals surface area contributed by atoms with Gasteiger partial charge in [0.05, 0.1) is 0 Å². The maximum atomic E-state index is 11.0. The number of aliphatic hydroxyl groups excluding tert-OH is 1. The Morgan fingerprint density at radius 1 is 1.73 bits per heavy atom. The Balaban J connectivity index is 3.16. The minimum Gasteiger partial charge on any atom is -0.509 e. The van der Waals surface area contributed by atoms with Crippen LogP contribution in [0.2, 0.25) is 0 Å². The van der Waals surface area contributed by atoms with Crippen molar-refractivity contribution in [3.05, 3.63) is 11.3 Å². The largest absolute Gasteiger partial charge is 0.509 e. The maximum absolute atomic E-state index is 11.0. The standard InChI is InChI=1S/C8H8O2S/c1-4-8(3)6(9)5(2)7(10)11-8/h1,9H,2-3H3. The Kier molecular flexibility index (Phi) is 1.73. The first-order valence-electron chi connectivity index (χ1n) is 3.12. The average Bonchev–Trinajstić information content (AvgIpc) is 2.17. The predicted octanol–water partition coefficient (Wildman–Crippen LogP) is 1.48. The van der Waals surface area contributed by atoms with Crippen LogP contribution in [0.15, 0.2) is 11.3 Å². The molecule has 1 heterocycles. The van der Waals surface area contributed by atoms with Crippen molar-refractivity contribution in [2.24, 2.45) is 0 Å². The van der Waals surface area contributed by atoms with E-state index in [0.29, 0.717) is 5.57 Å². The Morgan fingerprint density at radius 3 is 2.45 bits per heavy atom. The molecule has 0 amide bonds. The van der Waals surface area contributed by atoms with Crippen molar-refractivity contribution in [2.45, 2.75) is 18.6 Å². The molecule has 0 aliphatic carbocycles. The van der Waals surface area contributed by atoms with Gasteiger partial charge in [-0.05, 0) is 13.8 Å². The second-order valence-corrected chi connectivity index (χ2v) is 3.93. The van der Waals surface area contributed by atoms with Crippen LogP contribution in [0.25, 0.3) is 0 Å². The van der Waals surface area contributed by atoms with Crippen LogP contribution in [0, 0.1) is 12.3 Å². The van der Waals surface area contributed by atoms with E-state index in [1.807, 2.05) is 0 Å². The van der Waals surface area contributed by atoms with Gasteiger partial charge >= 0.3 is 0 Å². The summed E-state index contributed by atoms with van der Waals surface area (Å²) in [5.41, 5.74) is 0.371. The Morgan fingerprint density at radius 2 is 2.27 bits per heavy atom. The number of carbonyl (C=O) groups is 1. The summed E-state index contributed by atoms with van der Waals surface area (Å²) in [5.74, 6) is 2.41. The molecule has 0 fully saturated rings. The summed E-state index contributed by atoms with van der Waals surface area (Å²) >= 11 is 0.985. The highest BCUT2D eigenvalue weighted by Crippen LogP contribution is 2.41. The molecule has 0 bridgehead atoms. The zero-order valence-corrected chi connectivity index (χ0v) is 7.16. The van der Waals surface area contributed by atoms with Gasteiger partial charge in [-0.15, -0.1) is 6.42 Å². The second kappa shape index (κ2) is 2.31. The number of aliphatic hydroxyl groups is 1. The fourth-order valence-electron chi connectivity index (χ4n) is 0.863. The highest BCUT2D eigenvalue weighted by Gasteiger charge is 2.40. The van der Waals surface area contributed by atoms with Crippen LogP contribution in [-0.4, -0.2) is 15.0 Å². The van der Waals surface area contributed by atoms with E-state index in [2.05, 4.69) is 5.92 Å². The molecular weight excluding hydrogens is 160 g/mol. The first-order valence-corrected chi connectivity index (χ1v) is 3.94. The van der Waals surface area contributed by atoms with Crippen LogP contribution in [-0.2, 0) is 4.79 Å². The smallest absolute Gasteiger partial charge is 0.220 e. The molecule has 1 rings (SSSR count). The van der Waals surface area contributed by atoms with Gasteiger partial charge in [-0.3, -0.25) is 4.79 Å². The molecule has 58 valence electrons. The first kappa shape index (κ1) is 8.22. The summed E-state index contributed by atoms with van der Waals surface area (Å²) < 4.78 is -0.832. The van der Waals surface area contributed by atoms with E-state index >= 15 is 0 Å². The van der Waals surface area contributed by atoms with E-state index in [4.69, 9.17) is 6.42 Å². The lowest BCUT2D eigenvalue weighted by Gasteiger charge is -2.13. The Hall–Kier alpha value is -0.880. The molecule has 2 nitrogen and oxygen atoms in total. The summed E-state index contributed by atoms with van der Waals surface area (Å²) in [6, 6.07) is 0. The van der Waals surface area contributed by atoms with E-state index in [9.17, 15) is 9.90 Å². The van der Waals surface area contributed by atoms with Crippen LogP contribution in [0.1, 0.15) is 13.8 Å². The number of hydrogen-bond acceptors (Lipinski definition) is 3. The van der Waals surface area contributed by atoms with Gasteiger partial charge in [-0.1, -0.05) is 17.7 Å². The molecule has 0 aromatic carbocycles. The molecule has 11 heavy (non-hydrogen) atoms. The lowest BCUT2D eigenvalue weighted by Crippen LogP contribution is -2.16. The fraction of sp³-hybridized carbons (Fsp3) is 0.375. The van der Waals surface area contributed by atoms with Gasteiger partial charge in [0.15, 0.2) is 0 Å². The van der Waals surface area contributed by atoms with Gasteiger partial charge in [0, 0.05) is 5.57 Å². The third-order valence-corrected chi connectivity index (χ3v) is 2.90. The van der Waals surface area contributed by atoms with Crippen molar-refractivity contribution >= 4 is 16.9 Å². The Bertz CT molecular complexity index is 285. The summed E-state index contributed by atoms with van der Waals surface area (Å²) in [5, 5.41) is 9.25. The van der Waals surface area contributed by atoms with Gasteiger partial charge in [0.25, 0.3) is 0 Å². The summed E-state index contributed by atoms with van der Waals surface area (Å²) in [4.78, 5) is 11.0. The fourth-order valence-corrected chi connectivity index (χ4v) is 1.79.